The number of primary amides is 1. The predicted octanol–water partition coefficient (Wildman–Crippen LogP) is 0.835. The van der Waals surface area contributed by atoms with Crippen LogP contribution in [0.5, 0.6) is 0 Å². The third kappa shape index (κ3) is 11.7. The first-order valence-electron chi connectivity index (χ1n) is 12.9. The second kappa shape index (κ2) is 16.1. The smallest absolute Gasteiger partial charge is 0.312 e. The number of nitrogens with one attached hydrogen (secondary N) is 3. The number of carbonyl (C=O) groups excluding carboxylic acids is 3. The number of aliphatic imine (C=N–C) groups is 1. The van der Waals surface area contributed by atoms with Crippen LogP contribution < -0.4 is 33.2 Å². The van der Waals surface area contributed by atoms with Crippen LogP contribution in [0.1, 0.15) is 36.5 Å². The molecule has 0 aliphatic rings. The fraction of sp³-hybridized carbons (Fsp3) is 0.321. The highest BCUT2D eigenvalue weighted by molar-refractivity contribution is 5.92. The first-order chi connectivity index (χ1) is 19.5. The van der Waals surface area contributed by atoms with Crippen LogP contribution >= 0.6 is 0 Å². The molecule has 2 aromatic carbocycles. The van der Waals surface area contributed by atoms with E-state index in [1.54, 1.807) is 0 Å². The van der Waals surface area contributed by atoms with Crippen LogP contribution in [-0.4, -0.2) is 52.0 Å². The summed E-state index contributed by atoms with van der Waals surface area (Å²) in [6.45, 7) is 2.04. The maximum atomic E-state index is 13.0. The molecule has 0 bridgehead atoms. The molecule has 13 heteroatoms. The average Bonchev–Trinajstić information content (AvgIpc) is 3.22. The van der Waals surface area contributed by atoms with Crippen LogP contribution in [0.3, 0.4) is 0 Å². The second-order valence-electron chi connectivity index (χ2n) is 9.30. The van der Waals surface area contributed by atoms with E-state index in [1.807, 2.05) is 66.3 Å². The van der Waals surface area contributed by atoms with Crippen LogP contribution in [0.15, 0.2) is 59.7 Å². The number of carbonyl (C=O) groups is 4. The van der Waals surface area contributed by atoms with Crippen molar-refractivity contribution in [3.63, 3.8) is 0 Å². The maximum absolute atomic E-state index is 13.0. The molecule has 1 aromatic heterocycles. The molecule has 1 heterocycles. The second-order valence-corrected chi connectivity index (χ2v) is 9.30. The van der Waals surface area contributed by atoms with E-state index in [0.717, 1.165) is 34.5 Å². The Balaban J connectivity index is 0.00000138. The van der Waals surface area contributed by atoms with Gasteiger partial charge in [-0.25, -0.2) is 4.79 Å². The van der Waals surface area contributed by atoms with Gasteiger partial charge in [-0.3, -0.25) is 19.4 Å². The number of rotatable bonds is 12. The summed E-state index contributed by atoms with van der Waals surface area (Å²) < 4.78 is 1.98. The number of aliphatic carboxylic acids is 1. The third-order valence-corrected chi connectivity index (χ3v) is 5.88. The van der Waals surface area contributed by atoms with Gasteiger partial charge in [-0.2, -0.15) is 0 Å². The lowest BCUT2D eigenvalue weighted by molar-refractivity contribution is -0.134. The van der Waals surface area contributed by atoms with Gasteiger partial charge in [-0.15, -0.1) is 0 Å². The summed E-state index contributed by atoms with van der Waals surface area (Å²) in [4.78, 5) is 49.8. The van der Waals surface area contributed by atoms with Crippen LogP contribution in [0.4, 0.5) is 4.79 Å². The van der Waals surface area contributed by atoms with Crippen LogP contribution in [-0.2, 0) is 40.9 Å². The van der Waals surface area contributed by atoms with Crippen molar-refractivity contribution in [1.82, 2.24) is 20.5 Å². The van der Waals surface area contributed by atoms with Gasteiger partial charge in [0.1, 0.15) is 6.04 Å². The first kappa shape index (κ1) is 32.1. The molecular formula is C28H38N8O5. The molecule has 0 aliphatic carbocycles. The molecule has 10 N–H and O–H groups in total. The number of aromatic nitrogens is 1. The van der Waals surface area contributed by atoms with Crippen molar-refractivity contribution in [1.29, 1.82) is 0 Å². The van der Waals surface area contributed by atoms with E-state index in [2.05, 4.69) is 20.9 Å². The van der Waals surface area contributed by atoms with Gasteiger partial charge in [0.15, 0.2) is 5.96 Å². The fourth-order valence-corrected chi connectivity index (χ4v) is 4.03. The quantitative estimate of drug-likeness (QED) is 0.0950. The molecule has 3 rings (SSSR count). The minimum Gasteiger partial charge on any atom is -0.481 e. The molecule has 41 heavy (non-hydrogen) atoms. The molecule has 13 nitrogen and oxygen atoms in total. The lowest BCUT2D eigenvalue weighted by Gasteiger charge is -2.18. The van der Waals surface area contributed by atoms with E-state index in [4.69, 9.17) is 27.1 Å². The SMILES string of the molecule is CC(=O)O.Cn1cc(CC(=O)N[C@H](CCCN=C(N)N)C(=O)NCc2ccc(CNC(N)=O)cc2)c2ccccc21. The highest BCUT2D eigenvalue weighted by Gasteiger charge is 2.21. The molecule has 0 spiro atoms. The summed E-state index contributed by atoms with van der Waals surface area (Å²) in [5.74, 6) is -1.39. The minimum absolute atomic E-state index is 0.0181. The Morgan fingerprint density at radius 3 is 2.12 bits per heavy atom. The number of nitrogens with two attached hydrogens (primary N) is 3. The number of hydrogen-bond acceptors (Lipinski definition) is 5. The molecule has 0 saturated heterocycles. The monoisotopic (exact) mass is 566 g/mol. The largest absolute Gasteiger partial charge is 0.481 e. The van der Waals surface area contributed by atoms with Crippen molar-refractivity contribution in [3.05, 3.63) is 71.4 Å². The highest BCUT2D eigenvalue weighted by Crippen LogP contribution is 2.20. The number of amides is 4. The van der Waals surface area contributed by atoms with Gasteiger partial charge in [-0.05, 0) is 35.6 Å². The van der Waals surface area contributed by atoms with Gasteiger partial charge < -0.3 is 42.8 Å². The number of carboxylic acid groups (broad SMARTS) is 1. The van der Waals surface area contributed by atoms with Crippen molar-refractivity contribution in [2.24, 2.45) is 29.2 Å². The third-order valence-electron chi connectivity index (χ3n) is 5.88. The number of aryl methyl sites for hydroxylation is 1. The Hall–Kier alpha value is -5.07. The number of guanidine groups is 1. The standard InChI is InChI=1S/C26H34N8O3.C2H4O2/c1-34-16-19(20-5-2-3-7-22(20)34)13-23(35)33-21(6-4-12-30-25(27)28)24(36)31-14-17-8-10-18(11-9-17)15-32-26(29)37;1-2(3)4/h2-3,5,7-11,16,21H,4,6,12-15H2,1H3,(H,31,36)(H,33,35)(H4,27,28,30)(H3,29,32,37);1H3,(H,3,4)/t21-;/m1./s1. The van der Waals surface area contributed by atoms with Crippen LogP contribution in [0.25, 0.3) is 10.9 Å². The lowest BCUT2D eigenvalue weighted by atomic mass is 10.1. The first-order valence-corrected chi connectivity index (χ1v) is 12.9. The van der Waals surface area contributed by atoms with Gasteiger partial charge in [0.2, 0.25) is 11.8 Å². The highest BCUT2D eigenvalue weighted by atomic mass is 16.4. The molecule has 1 atom stereocenters. The summed E-state index contributed by atoms with van der Waals surface area (Å²) >= 11 is 0. The molecule has 0 radical (unpaired) electrons. The number of carboxylic acids is 1. The Bertz CT molecular complexity index is 1360. The number of urea groups is 1. The molecule has 0 aliphatic heterocycles. The van der Waals surface area contributed by atoms with Gasteiger partial charge in [0.05, 0.1) is 6.42 Å². The Labute approximate surface area is 238 Å². The zero-order valence-electron chi connectivity index (χ0n) is 23.2. The van der Waals surface area contributed by atoms with Crippen molar-refractivity contribution in [3.8, 4) is 0 Å². The van der Waals surface area contributed by atoms with Crippen molar-refractivity contribution < 1.29 is 24.3 Å². The molecule has 3 aromatic rings. The fourth-order valence-electron chi connectivity index (χ4n) is 4.03. The molecule has 0 saturated carbocycles. The predicted molar refractivity (Wildman–Crippen MR) is 156 cm³/mol. The zero-order chi connectivity index (χ0) is 30.4. The van der Waals surface area contributed by atoms with E-state index in [-0.39, 0.29) is 30.7 Å². The Morgan fingerprint density at radius 2 is 1.54 bits per heavy atom. The van der Waals surface area contributed by atoms with Crippen molar-refractivity contribution in [2.45, 2.75) is 45.3 Å². The molecule has 0 fully saturated rings. The number of para-hydroxylation sites is 1. The lowest BCUT2D eigenvalue weighted by Crippen LogP contribution is -2.47. The molecule has 220 valence electrons. The number of fused-ring (bicyclic) bond motifs is 1. The van der Waals surface area contributed by atoms with Crippen LogP contribution in [0, 0.1) is 0 Å². The average molecular weight is 567 g/mol. The Kier molecular flexibility index (Phi) is 12.6. The van der Waals surface area contributed by atoms with Gasteiger partial charge in [0, 0.05) is 50.7 Å². The normalized spacial score (nSPS) is 11.0. The van der Waals surface area contributed by atoms with E-state index in [9.17, 15) is 14.4 Å². The Morgan fingerprint density at radius 1 is 0.951 bits per heavy atom. The summed E-state index contributed by atoms with van der Waals surface area (Å²) in [5.41, 5.74) is 19.6. The molecular weight excluding hydrogens is 528 g/mol. The molecule has 4 amide bonds. The van der Waals surface area contributed by atoms with E-state index in [1.165, 1.54) is 0 Å². The summed E-state index contributed by atoms with van der Waals surface area (Å²) in [5, 5.41) is 16.7. The van der Waals surface area contributed by atoms with E-state index < -0.39 is 18.0 Å². The van der Waals surface area contributed by atoms with Gasteiger partial charge in [-0.1, -0.05) is 42.5 Å². The number of nitrogens with zero attached hydrogens (tertiary/aromatic N) is 2. The summed E-state index contributed by atoms with van der Waals surface area (Å²) in [6.07, 6.45) is 2.98. The number of hydrogen-bond donors (Lipinski definition) is 7. The van der Waals surface area contributed by atoms with Gasteiger partial charge >= 0.3 is 6.03 Å². The van der Waals surface area contributed by atoms with Crippen molar-refractivity contribution >= 4 is 40.7 Å². The van der Waals surface area contributed by atoms with Crippen LogP contribution in [0.2, 0.25) is 0 Å². The minimum atomic E-state index is -0.833. The topological polar surface area (TPSA) is 220 Å². The van der Waals surface area contributed by atoms with E-state index in [0.29, 0.717) is 25.9 Å². The molecule has 0 unspecified atom stereocenters. The maximum Gasteiger partial charge on any atom is 0.312 e. The zero-order valence-corrected chi connectivity index (χ0v) is 23.2. The van der Waals surface area contributed by atoms with Crippen molar-refractivity contribution in [2.75, 3.05) is 6.54 Å². The van der Waals surface area contributed by atoms with E-state index >= 15 is 0 Å². The summed E-state index contributed by atoms with van der Waals surface area (Å²) in [6, 6.07) is 13.9. The summed E-state index contributed by atoms with van der Waals surface area (Å²) in [7, 11) is 1.93. The van der Waals surface area contributed by atoms with Gasteiger partial charge in [0.25, 0.3) is 5.97 Å². The number of benzene rings is 2.